The highest BCUT2D eigenvalue weighted by molar-refractivity contribution is 7.86. The highest BCUT2D eigenvalue weighted by Crippen LogP contribution is 2.38. The summed E-state index contributed by atoms with van der Waals surface area (Å²) in [4.78, 5) is 12.9. The van der Waals surface area contributed by atoms with Crippen molar-refractivity contribution >= 4 is 16.2 Å². The Balaban J connectivity index is 2.16. The van der Waals surface area contributed by atoms with Crippen molar-refractivity contribution in [2.45, 2.75) is 30.9 Å². The minimum absolute atomic E-state index is 0.264. The van der Waals surface area contributed by atoms with E-state index in [1.807, 2.05) is 0 Å². The highest BCUT2D eigenvalue weighted by atomic mass is 32.2. The largest absolute Gasteiger partial charge is 0.465 e. The Hall–Kier alpha value is -2.45. The molecule has 1 fully saturated rings. The minimum atomic E-state index is -3.93. The number of carbonyl (C=O) groups is 1. The van der Waals surface area contributed by atoms with E-state index in [9.17, 15) is 22.7 Å². The van der Waals surface area contributed by atoms with Crippen molar-refractivity contribution in [2.24, 2.45) is 0 Å². The Morgan fingerprint density at radius 3 is 2.43 bits per heavy atom. The van der Waals surface area contributed by atoms with E-state index in [-0.39, 0.29) is 12.1 Å². The third kappa shape index (κ3) is 4.51. The molecule has 0 spiro atoms. The van der Waals surface area contributed by atoms with Gasteiger partial charge in [0.05, 0.1) is 12.3 Å². The van der Waals surface area contributed by atoms with Crippen LogP contribution in [0.25, 0.3) is 0 Å². The number of amides is 1. The van der Waals surface area contributed by atoms with E-state index in [1.165, 1.54) is 11.0 Å². The molecule has 0 aromatic heterocycles. The number of nitrogens with zero attached hydrogens (tertiary/aromatic N) is 1. The van der Waals surface area contributed by atoms with Gasteiger partial charge in [0.25, 0.3) is 10.1 Å². The molecule has 0 bridgehead atoms. The molecule has 3 atom stereocenters. The zero-order valence-electron chi connectivity index (χ0n) is 15.4. The van der Waals surface area contributed by atoms with Gasteiger partial charge in [0, 0.05) is 12.5 Å². The van der Waals surface area contributed by atoms with Crippen molar-refractivity contribution in [1.29, 1.82) is 0 Å². The van der Waals surface area contributed by atoms with Gasteiger partial charge >= 0.3 is 6.09 Å². The molecule has 2 unspecified atom stereocenters. The van der Waals surface area contributed by atoms with Crippen LogP contribution < -0.4 is 0 Å². The lowest BCUT2D eigenvalue weighted by molar-refractivity contribution is 0.0772. The van der Waals surface area contributed by atoms with Gasteiger partial charge in [-0.1, -0.05) is 48.5 Å². The zero-order chi connectivity index (χ0) is 20.3. The summed E-state index contributed by atoms with van der Waals surface area (Å²) in [5, 5.41) is 9.56. The normalized spacial score (nSPS) is 19.4. The van der Waals surface area contributed by atoms with Gasteiger partial charge in [0.2, 0.25) is 0 Å². The maximum Gasteiger partial charge on any atom is 0.407 e. The number of carboxylic acid groups (broad SMARTS) is 1. The molecule has 150 valence electrons. The van der Waals surface area contributed by atoms with E-state index >= 15 is 0 Å². The summed E-state index contributed by atoms with van der Waals surface area (Å²) in [6.45, 7) is 0.280. The summed E-state index contributed by atoms with van der Waals surface area (Å²) >= 11 is 0. The molecule has 1 aliphatic heterocycles. The second-order valence-corrected chi connectivity index (χ2v) is 8.46. The van der Waals surface area contributed by atoms with Crippen LogP contribution in [0.2, 0.25) is 0 Å². The van der Waals surface area contributed by atoms with Crippen LogP contribution in [0.4, 0.5) is 9.18 Å². The van der Waals surface area contributed by atoms with Crippen molar-refractivity contribution in [3.05, 3.63) is 71.5 Å². The van der Waals surface area contributed by atoms with Gasteiger partial charge in [-0.05, 0) is 30.0 Å². The van der Waals surface area contributed by atoms with Gasteiger partial charge in [-0.2, -0.15) is 8.42 Å². The quantitative estimate of drug-likeness (QED) is 0.742. The van der Waals surface area contributed by atoms with E-state index in [1.54, 1.807) is 48.5 Å². The lowest BCUT2D eigenvalue weighted by Gasteiger charge is -2.35. The summed E-state index contributed by atoms with van der Waals surface area (Å²) in [5.74, 6) is -1.29. The molecule has 3 rings (SSSR count). The molecule has 8 heteroatoms. The van der Waals surface area contributed by atoms with Gasteiger partial charge in [-0.3, -0.25) is 4.18 Å². The van der Waals surface area contributed by atoms with E-state index in [0.29, 0.717) is 18.4 Å². The van der Waals surface area contributed by atoms with Crippen molar-refractivity contribution in [2.75, 3.05) is 12.8 Å². The van der Waals surface area contributed by atoms with Gasteiger partial charge in [-0.15, -0.1) is 0 Å². The molecular formula is C20H22FNO5S. The molecule has 1 amide bonds. The monoisotopic (exact) mass is 407 g/mol. The van der Waals surface area contributed by atoms with Crippen LogP contribution in [0.1, 0.15) is 29.9 Å². The first-order valence-corrected chi connectivity index (χ1v) is 10.8. The predicted octanol–water partition coefficient (Wildman–Crippen LogP) is 3.44. The number of likely N-dealkylation sites (tertiary alicyclic amines) is 1. The van der Waals surface area contributed by atoms with Crippen molar-refractivity contribution in [3.63, 3.8) is 0 Å². The van der Waals surface area contributed by atoms with E-state index in [0.717, 1.165) is 6.26 Å². The van der Waals surface area contributed by atoms with Gasteiger partial charge in [-0.25, -0.2) is 9.18 Å². The third-order valence-electron chi connectivity index (χ3n) is 4.94. The van der Waals surface area contributed by atoms with Gasteiger partial charge < -0.3 is 10.0 Å². The predicted molar refractivity (Wildman–Crippen MR) is 102 cm³/mol. The molecule has 28 heavy (non-hydrogen) atoms. The molecule has 1 heterocycles. The molecule has 1 N–H and O–H groups in total. The molecule has 0 radical (unpaired) electrons. The van der Waals surface area contributed by atoms with E-state index in [2.05, 4.69) is 0 Å². The molecule has 2 aromatic rings. The molecular weight excluding hydrogens is 385 g/mol. The summed E-state index contributed by atoms with van der Waals surface area (Å²) < 4.78 is 44.2. The fourth-order valence-corrected chi connectivity index (χ4v) is 4.49. The Kier molecular flexibility index (Phi) is 6.00. The van der Waals surface area contributed by atoms with Crippen LogP contribution in [-0.4, -0.2) is 49.5 Å². The van der Waals surface area contributed by atoms with Crippen molar-refractivity contribution < 1.29 is 26.9 Å². The lowest BCUT2D eigenvalue weighted by Crippen LogP contribution is -2.47. The second-order valence-electron chi connectivity index (χ2n) is 6.86. The molecule has 6 nitrogen and oxygen atoms in total. The Labute approximate surface area is 163 Å². The summed E-state index contributed by atoms with van der Waals surface area (Å²) in [6.07, 6.45) is -0.301. The number of rotatable bonds is 6. The number of halogens is 1. The fraction of sp³-hybridized carbons (Fsp3) is 0.350. The number of benzene rings is 2. The zero-order valence-corrected chi connectivity index (χ0v) is 16.2. The number of hydrogen-bond donors (Lipinski definition) is 1. The average molecular weight is 407 g/mol. The van der Waals surface area contributed by atoms with Crippen LogP contribution >= 0.6 is 0 Å². The maximum atomic E-state index is 14.7. The Bertz CT molecular complexity index is 935. The lowest BCUT2D eigenvalue weighted by atomic mass is 9.82. The standard InChI is InChI=1S/C20H22FNO5S/c1-28(25,26)27-19(17-12-7-13-22(17)20(23)24)18(14-8-3-2-4-9-14)15-10-5-6-11-16(15)21/h2-6,8-11,17-19H,7,12-13H2,1H3,(H,23,24)/t17-,18?,19?/m1/s1. The molecule has 1 aliphatic rings. The maximum absolute atomic E-state index is 14.7. The van der Waals surface area contributed by atoms with Gasteiger partial charge in [0.1, 0.15) is 11.9 Å². The summed E-state index contributed by atoms with van der Waals surface area (Å²) in [7, 11) is -3.93. The molecule has 2 aromatic carbocycles. The first kappa shape index (κ1) is 20.3. The smallest absolute Gasteiger partial charge is 0.407 e. The Morgan fingerprint density at radius 1 is 1.18 bits per heavy atom. The topological polar surface area (TPSA) is 83.9 Å². The first-order valence-electron chi connectivity index (χ1n) is 8.95. The van der Waals surface area contributed by atoms with Crippen LogP contribution in [0.5, 0.6) is 0 Å². The molecule has 0 aliphatic carbocycles. The molecule has 1 saturated heterocycles. The molecule has 0 saturated carbocycles. The van der Waals surface area contributed by atoms with Crippen molar-refractivity contribution in [1.82, 2.24) is 4.90 Å². The van der Waals surface area contributed by atoms with Crippen molar-refractivity contribution in [3.8, 4) is 0 Å². The summed E-state index contributed by atoms with van der Waals surface area (Å²) in [5.41, 5.74) is 0.915. The van der Waals surface area contributed by atoms with E-state index < -0.39 is 40.1 Å². The third-order valence-corrected chi connectivity index (χ3v) is 5.51. The van der Waals surface area contributed by atoms with Crippen LogP contribution in [0, 0.1) is 5.82 Å². The van der Waals surface area contributed by atoms with Gasteiger partial charge in [0.15, 0.2) is 0 Å². The average Bonchev–Trinajstić information content (AvgIpc) is 3.12. The fourth-order valence-electron chi connectivity index (χ4n) is 3.85. The second kappa shape index (κ2) is 8.28. The minimum Gasteiger partial charge on any atom is -0.465 e. The highest BCUT2D eigenvalue weighted by Gasteiger charge is 2.43. The van der Waals surface area contributed by atoms with E-state index in [4.69, 9.17) is 4.18 Å². The Morgan fingerprint density at radius 2 is 1.82 bits per heavy atom. The number of hydrogen-bond acceptors (Lipinski definition) is 4. The summed E-state index contributed by atoms with van der Waals surface area (Å²) in [6, 6.07) is 14.2. The van der Waals surface area contributed by atoms with Crippen LogP contribution in [0.15, 0.2) is 54.6 Å². The SMILES string of the molecule is CS(=O)(=O)OC(C(c1ccccc1)c1ccccc1F)[C@H]1CCCN1C(=O)O. The van der Waals surface area contributed by atoms with Crippen LogP contribution in [-0.2, 0) is 14.3 Å². The van der Waals surface area contributed by atoms with Crippen LogP contribution in [0.3, 0.4) is 0 Å². The first-order chi connectivity index (χ1) is 13.3.